The molecular formula is C15H30N4OS. The largest absolute Gasteiger partial charge is 0.355 e. The number of guanidine groups is 1. The van der Waals surface area contributed by atoms with Crippen molar-refractivity contribution in [2.45, 2.75) is 51.4 Å². The molecule has 122 valence electrons. The lowest BCUT2D eigenvalue weighted by molar-refractivity contribution is -0.145. The average molecular weight is 314 g/mol. The highest BCUT2D eigenvalue weighted by molar-refractivity contribution is 7.99. The summed E-state index contributed by atoms with van der Waals surface area (Å²) in [5, 5.41) is 3.89. The second-order valence-corrected chi connectivity index (χ2v) is 7.78. The van der Waals surface area contributed by atoms with Crippen LogP contribution in [0.25, 0.3) is 0 Å². The van der Waals surface area contributed by atoms with Gasteiger partial charge >= 0.3 is 0 Å². The second-order valence-electron chi connectivity index (χ2n) is 6.50. The van der Waals surface area contributed by atoms with Crippen molar-refractivity contribution in [2.24, 2.45) is 4.99 Å². The van der Waals surface area contributed by atoms with Crippen LogP contribution in [0.5, 0.6) is 0 Å². The lowest BCUT2D eigenvalue weighted by Gasteiger charge is -2.49. The Kier molecular flexibility index (Phi) is 6.38. The first kappa shape index (κ1) is 18.1. The van der Waals surface area contributed by atoms with Gasteiger partial charge in [-0.3, -0.25) is 9.79 Å². The Morgan fingerprint density at radius 1 is 1.43 bits per heavy atom. The van der Waals surface area contributed by atoms with E-state index in [1.54, 1.807) is 7.05 Å². The van der Waals surface area contributed by atoms with Gasteiger partial charge in [0.05, 0.1) is 12.1 Å². The molecule has 1 atom stereocenters. The molecule has 0 saturated carbocycles. The van der Waals surface area contributed by atoms with Crippen LogP contribution in [-0.2, 0) is 4.79 Å². The van der Waals surface area contributed by atoms with Crippen molar-refractivity contribution in [2.75, 3.05) is 32.9 Å². The summed E-state index contributed by atoms with van der Waals surface area (Å²) in [6.45, 7) is 12.6. The first-order chi connectivity index (χ1) is 9.72. The van der Waals surface area contributed by atoms with E-state index in [9.17, 15) is 4.79 Å². The van der Waals surface area contributed by atoms with Gasteiger partial charge in [0.25, 0.3) is 0 Å². The quantitative estimate of drug-likeness (QED) is 0.633. The Balaban J connectivity index is 2.79. The Labute approximate surface area is 133 Å². The molecule has 0 aromatic carbocycles. The van der Waals surface area contributed by atoms with Crippen LogP contribution < -0.4 is 5.32 Å². The normalized spacial score (nSPS) is 21.0. The third kappa shape index (κ3) is 4.53. The summed E-state index contributed by atoms with van der Waals surface area (Å²) in [6.07, 6.45) is 2.10. The molecule has 1 aliphatic heterocycles. The molecule has 0 spiro atoms. The summed E-state index contributed by atoms with van der Waals surface area (Å²) in [7, 11) is 1.78. The smallest absolute Gasteiger partial charge is 0.242 e. The van der Waals surface area contributed by atoms with E-state index in [0.29, 0.717) is 11.8 Å². The van der Waals surface area contributed by atoms with Gasteiger partial charge < -0.3 is 15.1 Å². The van der Waals surface area contributed by atoms with Gasteiger partial charge in [-0.25, -0.2) is 0 Å². The highest BCUT2D eigenvalue weighted by atomic mass is 32.2. The van der Waals surface area contributed by atoms with Gasteiger partial charge in [0.1, 0.15) is 0 Å². The van der Waals surface area contributed by atoms with Gasteiger partial charge in [-0.1, -0.05) is 6.92 Å². The van der Waals surface area contributed by atoms with Crippen LogP contribution in [0.1, 0.15) is 34.6 Å². The van der Waals surface area contributed by atoms with Crippen LogP contribution in [0.3, 0.4) is 0 Å². The zero-order valence-electron chi connectivity index (χ0n) is 14.4. The Hall–Kier alpha value is -0.910. The van der Waals surface area contributed by atoms with Gasteiger partial charge in [0.2, 0.25) is 5.91 Å². The van der Waals surface area contributed by atoms with E-state index in [2.05, 4.69) is 56.1 Å². The molecule has 1 unspecified atom stereocenters. The molecule has 0 aromatic heterocycles. The number of amides is 1. The van der Waals surface area contributed by atoms with Crippen LogP contribution in [0.2, 0.25) is 0 Å². The van der Waals surface area contributed by atoms with Gasteiger partial charge in [0.15, 0.2) is 5.96 Å². The van der Waals surface area contributed by atoms with Crippen molar-refractivity contribution >= 4 is 23.6 Å². The minimum atomic E-state index is -0.188. The monoisotopic (exact) mass is 314 g/mol. The van der Waals surface area contributed by atoms with Gasteiger partial charge in [0, 0.05) is 31.4 Å². The molecule has 0 radical (unpaired) electrons. The molecule has 0 bridgehead atoms. The minimum absolute atomic E-state index is 0.169. The van der Waals surface area contributed by atoms with Gasteiger partial charge in [-0.05, 0) is 34.0 Å². The number of hydrogen-bond donors (Lipinski definition) is 1. The maximum atomic E-state index is 12.5. The predicted octanol–water partition coefficient (Wildman–Crippen LogP) is 1.64. The molecule has 1 rings (SSSR count). The van der Waals surface area contributed by atoms with Crippen molar-refractivity contribution in [3.05, 3.63) is 0 Å². The third-order valence-corrected chi connectivity index (χ3v) is 4.77. The molecule has 0 aromatic rings. The summed E-state index contributed by atoms with van der Waals surface area (Å²) >= 11 is 1.82. The summed E-state index contributed by atoms with van der Waals surface area (Å²) in [4.78, 5) is 20.9. The fourth-order valence-corrected chi connectivity index (χ4v) is 3.21. The number of nitrogens with one attached hydrogen (secondary N) is 1. The molecule has 6 heteroatoms. The molecule has 1 heterocycles. The number of nitrogens with zero attached hydrogens (tertiary/aromatic N) is 3. The summed E-state index contributed by atoms with van der Waals surface area (Å²) < 4.78 is 0. The van der Waals surface area contributed by atoms with Crippen molar-refractivity contribution in [3.8, 4) is 0 Å². The van der Waals surface area contributed by atoms with E-state index in [0.717, 1.165) is 19.0 Å². The van der Waals surface area contributed by atoms with Gasteiger partial charge in [-0.2, -0.15) is 11.8 Å². The number of hydrogen-bond acceptors (Lipinski definition) is 3. The molecule has 1 N–H and O–H groups in total. The van der Waals surface area contributed by atoms with Gasteiger partial charge in [-0.15, -0.1) is 0 Å². The molecule has 1 fully saturated rings. The van der Waals surface area contributed by atoms with Crippen LogP contribution in [-0.4, -0.2) is 71.4 Å². The van der Waals surface area contributed by atoms with Crippen molar-refractivity contribution in [1.82, 2.24) is 15.1 Å². The Bertz CT molecular complexity index is 395. The van der Waals surface area contributed by atoms with E-state index in [4.69, 9.17) is 0 Å². The highest BCUT2D eigenvalue weighted by Gasteiger charge is 2.40. The number of aliphatic imine (C=N–C) groups is 1. The van der Waals surface area contributed by atoms with Crippen molar-refractivity contribution < 1.29 is 4.79 Å². The van der Waals surface area contributed by atoms with Crippen LogP contribution >= 0.6 is 11.8 Å². The fraction of sp³-hybridized carbons (Fsp3) is 0.867. The van der Waals surface area contributed by atoms with E-state index < -0.39 is 0 Å². The van der Waals surface area contributed by atoms with E-state index in [1.165, 1.54) is 0 Å². The number of carbonyl (C=O) groups is 1. The maximum absolute atomic E-state index is 12.5. The molecule has 5 nitrogen and oxygen atoms in total. The molecule has 1 amide bonds. The zero-order valence-corrected chi connectivity index (χ0v) is 15.3. The van der Waals surface area contributed by atoms with Crippen molar-refractivity contribution in [3.63, 3.8) is 0 Å². The molecule has 1 aliphatic rings. The maximum Gasteiger partial charge on any atom is 0.242 e. The molecule has 1 saturated heterocycles. The predicted molar refractivity (Wildman–Crippen MR) is 92.0 cm³/mol. The van der Waals surface area contributed by atoms with Crippen LogP contribution in [0.4, 0.5) is 0 Å². The highest BCUT2D eigenvalue weighted by Crippen LogP contribution is 2.24. The molecule has 0 aliphatic carbocycles. The summed E-state index contributed by atoms with van der Waals surface area (Å²) in [5.41, 5.74) is -0.188. The number of thioether (sulfide) groups is 1. The third-order valence-electron chi connectivity index (χ3n) is 3.80. The Morgan fingerprint density at radius 2 is 2.05 bits per heavy atom. The lowest BCUT2D eigenvalue weighted by Crippen LogP contribution is -2.66. The summed E-state index contributed by atoms with van der Waals surface area (Å²) in [5.74, 6) is 0.989. The first-order valence-electron chi connectivity index (χ1n) is 7.53. The minimum Gasteiger partial charge on any atom is -0.355 e. The number of carbonyl (C=O) groups excluding carboxylic acids is 1. The fourth-order valence-electron chi connectivity index (χ4n) is 2.96. The van der Waals surface area contributed by atoms with E-state index in [1.807, 2.05) is 16.7 Å². The Morgan fingerprint density at radius 3 is 2.48 bits per heavy atom. The van der Waals surface area contributed by atoms with Crippen LogP contribution in [0, 0.1) is 0 Å². The van der Waals surface area contributed by atoms with Crippen molar-refractivity contribution in [1.29, 1.82) is 0 Å². The zero-order chi connectivity index (χ0) is 16.2. The van der Waals surface area contributed by atoms with Crippen LogP contribution in [0.15, 0.2) is 4.99 Å². The first-order valence-corrected chi connectivity index (χ1v) is 8.82. The molecular weight excluding hydrogens is 284 g/mol. The number of rotatable bonds is 4. The topological polar surface area (TPSA) is 47.9 Å². The summed E-state index contributed by atoms with van der Waals surface area (Å²) in [6, 6.07) is 0.223. The lowest BCUT2D eigenvalue weighted by atomic mass is 9.96. The number of piperazine rings is 1. The molecule has 21 heavy (non-hydrogen) atoms. The standard InChI is InChI=1S/C15H30N4OS/c1-11(2)19-13(20)9-18(10-15(19,4)5)14(16-6)17-8-12(3)21-7/h11-12H,8-10H2,1-7H3,(H,16,17). The second kappa shape index (κ2) is 7.38. The van der Waals surface area contributed by atoms with E-state index in [-0.39, 0.29) is 17.5 Å². The van der Waals surface area contributed by atoms with E-state index >= 15 is 0 Å². The SMILES string of the molecule is CN=C(NCC(C)SC)N1CC(=O)N(C(C)C)C(C)(C)C1. The average Bonchev–Trinajstić information content (AvgIpc) is 2.36.